The van der Waals surface area contributed by atoms with Crippen molar-refractivity contribution in [3.8, 4) is 0 Å². The van der Waals surface area contributed by atoms with Gasteiger partial charge in [0.15, 0.2) is 5.82 Å². The van der Waals surface area contributed by atoms with Crippen molar-refractivity contribution in [3.63, 3.8) is 0 Å². The minimum atomic E-state index is -0.391. The van der Waals surface area contributed by atoms with E-state index in [2.05, 4.69) is 10.00 Å². The number of hydrogen-bond donors (Lipinski definition) is 0. The third kappa shape index (κ3) is 3.46. The highest BCUT2D eigenvalue weighted by atomic mass is 35.5. The lowest BCUT2D eigenvalue weighted by molar-refractivity contribution is -0.138. The van der Waals surface area contributed by atoms with E-state index in [0.717, 1.165) is 29.9 Å². The fourth-order valence-corrected chi connectivity index (χ4v) is 7.58. The van der Waals surface area contributed by atoms with Crippen LogP contribution in [-0.4, -0.2) is 38.4 Å². The summed E-state index contributed by atoms with van der Waals surface area (Å²) < 4.78 is 1.89. The molecule has 2 aliphatic heterocycles. The first-order valence-electron chi connectivity index (χ1n) is 12.4. The Morgan fingerprint density at radius 3 is 2.27 bits per heavy atom. The van der Waals surface area contributed by atoms with E-state index in [4.69, 9.17) is 28.2 Å². The number of rotatable bonds is 2. The lowest BCUT2D eigenvalue weighted by atomic mass is 9.73. The zero-order valence-electron chi connectivity index (χ0n) is 19.0. The quantitative estimate of drug-likeness (QED) is 0.490. The second kappa shape index (κ2) is 8.42. The van der Waals surface area contributed by atoms with Crippen molar-refractivity contribution < 1.29 is 4.79 Å². The molecule has 3 heterocycles. The summed E-state index contributed by atoms with van der Waals surface area (Å²) in [6.07, 6.45) is 11.6. The molecule has 7 heteroatoms. The topological polar surface area (TPSA) is 50.5 Å². The van der Waals surface area contributed by atoms with Gasteiger partial charge in [0.25, 0.3) is 0 Å². The van der Waals surface area contributed by atoms with Gasteiger partial charge in [-0.3, -0.25) is 4.79 Å². The van der Waals surface area contributed by atoms with Crippen molar-refractivity contribution in [2.24, 2.45) is 22.7 Å². The van der Waals surface area contributed by atoms with Crippen molar-refractivity contribution >= 4 is 40.6 Å². The van der Waals surface area contributed by atoms with Gasteiger partial charge in [0.1, 0.15) is 5.92 Å². The molecule has 33 heavy (non-hydrogen) atoms. The van der Waals surface area contributed by atoms with Crippen LogP contribution in [0.3, 0.4) is 0 Å². The van der Waals surface area contributed by atoms with Crippen molar-refractivity contribution in [1.82, 2.24) is 14.7 Å². The molecule has 1 saturated heterocycles. The van der Waals surface area contributed by atoms with Gasteiger partial charge in [-0.1, -0.05) is 55.0 Å². The molecule has 2 saturated carbocycles. The lowest BCUT2D eigenvalue weighted by Crippen LogP contribution is -2.51. The maximum atomic E-state index is 14.5. The van der Waals surface area contributed by atoms with Crippen LogP contribution in [0.25, 0.3) is 0 Å². The normalized spacial score (nSPS) is 33.2. The van der Waals surface area contributed by atoms with E-state index in [1.807, 2.05) is 35.9 Å². The van der Waals surface area contributed by atoms with Gasteiger partial charge in [-0.2, -0.15) is 5.10 Å². The number of carbonyl (C=O) groups is 1. The van der Waals surface area contributed by atoms with E-state index < -0.39 is 5.92 Å². The van der Waals surface area contributed by atoms with Gasteiger partial charge < -0.3 is 4.90 Å². The molecule has 0 N–H and O–H groups in total. The van der Waals surface area contributed by atoms with Crippen LogP contribution < -0.4 is 0 Å². The predicted molar refractivity (Wildman–Crippen MR) is 131 cm³/mol. The Labute approximate surface area is 205 Å². The summed E-state index contributed by atoms with van der Waals surface area (Å²) in [5, 5.41) is 5.60. The molecule has 6 atom stereocenters. The zero-order valence-corrected chi connectivity index (χ0v) is 20.5. The number of benzene rings is 1. The molecule has 1 amide bonds. The van der Waals surface area contributed by atoms with Crippen LogP contribution in [-0.2, 0) is 4.79 Å². The van der Waals surface area contributed by atoms with Crippen molar-refractivity contribution in [2.75, 3.05) is 0 Å². The van der Waals surface area contributed by atoms with E-state index in [0.29, 0.717) is 34.0 Å². The number of likely N-dealkylation sites (tertiary alicyclic amines) is 1. The molecule has 6 unspecified atom stereocenters. The average molecular weight is 485 g/mol. The molecule has 174 valence electrons. The first-order valence-corrected chi connectivity index (χ1v) is 13.2. The van der Waals surface area contributed by atoms with Crippen LogP contribution in [0.15, 0.2) is 35.5 Å². The summed E-state index contributed by atoms with van der Waals surface area (Å²) in [6, 6.07) is 8.05. The fraction of sp³-hybridized carbons (Fsp3) is 0.577. The molecule has 0 spiro atoms. The van der Waals surface area contributed by atoms with Crippen LogP contribution in [0.4, 0.5) is 5.82 Å². The highest BCUT2D eigenvalue weighted by Crippen LogP contribution is 2.50. The Balaban J connectivity index is 1.43. The second-order valence-electron chi connectivity index (χ2n) is 10.3. The maximum Gasteiger partial charge on any atom is 0.234 e. The van der Waals surface area contributed by atoms with Gasteiger partial charge in [0, 0.05) is 23.9 Å². The lowest BCUT2D eigenvalue weighted by Gasteiger charge is -2.40. The van der Waals surface area contributed by atoms with E-state index in [1.165, 1.54) is 38.5 Å². The minimum absolute atomic E-state index is 0.222. The Bertz CT molecular complexity index is 1090. The summed E-state index contributed by atoms with van der Waals surface area (Å²) in [6.45, 7) is 2.00. The summed E-state index contributed by atoms with van der Waals surface area (Å²) >= 11 is 12.6. The van der Waals surface area contributed by atoms with Crippen molar-refractivity contribution in [2.45, 2.75) is 76.4 Å². The van der Waals surface area contributed by atoms with E-state index in [1.54, 1.807) is 6.20 Å². The number of carbonyl (C=O) groups excluding carboxylic acids is 1. The fourth-order valence-electron chi connectivity index (χ4n) is 7.28. The average Bonchev–Trinajstić information content (AvgIpc) is 3.42. The maximum absolute atomic E-state index is 14.5. The van der Waals surface area contributed by atoms with Gasteiger partial charge in [-0.05, 0) is 62.1 Å². The summed E-state index contributed by atoms with van der Waals surface area (Å²) in [5.74, 6) is 1.94. The van der Waals surface area contributed by atoms with Gasteiger partial charge in [-0.25, -0.2) is 9.67 Å². The number of aromatic nitrogens is 2. The zero-order chi connectivity index (χ0) is 22.7. The van der Waals surface area contributed by atoms with Crippen LogP contribution in [0.5, 0.6) is 0 Å². The molecular formula is C26H30Cl2N4O. The van der Waals surface area contributed by atoms with Crippen molar-refractivity contribution in [1.29, 1.82) is 0 Å². The molecular weight excluding hydrogens is 455 g/mol. The Kier molecular flexibility index (Phi) is 5.53. The molecule has 1 aromatic carbocycles. The molecule has 1 aromatic heterocycles. The number of nitrogens with zero attached hydrogens (tertiary/aromatic N) is 4. The van der Waals surface area contributed by atoms with Gasteiger partial charge in [0.05, 0.1) is 22.3 Å². The monoisotopic (exact) mass is 484 g/mol. The largest absolute Gasteiger partial charge is 0.336 e. The number of aliphatic imine (C=N–C) groups is 1. The number of halogens is 2. The SMILES string of the molecule is CC1=Nc2ccnn2C(c2ccc(Cl)c(Cl)c2)C1C(=O)N1C2CCCCC2C2CCCCC21. The highest BCUT2D eigenvalue weighted by molar-refractivity contribution is 6.42. The molecule has 3 fully saturated rings. The molecule has 2 aromatic rings. The smallest absolute Gasteiger partial charge is 0.234 e. The third-order valence-electron chi connectivity index (χ3n) is 8.60. The summed E-state index contributed by atoms with van der Waals surface area (Å²) in [7, 11) is 0. The van der Waals surface area contributed by atoms with Crippen LogP contribution in [0.2, 0.25) is 10.0 Å². The molecule has 6 rings (SSSR count). The predicted octanol–water partition coefficient (Wildman–Crippen LogP) is 6.46. The second-order valence-corrected chi connectivity index (χ2v) is 11.1. The van der Waals surface area contributed by atoms with E-state index in [9.17, 15) is 4.79 Å². The summed E-state index contributed by atoms with van der Waals surface area (Å²) in [5.41, 5.74) is 1.80. The van der Waals surface area contributed by atoms with Crippen LogP contribution in [0, 0.1) is 17.8 Å². The van der Waals surface area contributed by atoms with Crippen LogP contribution >= 0.6 is 23.2 Å². The highest BCUT2D eigenvalue weighted by Gasteiger charge is 2.54. The van der Waals surface area contributed by atoms with Gasteiger partial charge >= 0.3 is 0 Å². The molecule has 5 nitrogen and oxygen atoms in total. The Morgan fingerprint density at radius 2 is 1.61 bits per heavy atom. The summed E-state index contributed by atoms with van der Waals surface area (Å²) in [4.78, 5) is 21.7. The molecule has 2 aliphatic carbocycles. The number of amides is 1. The van der Waals surface area contributed by atoms with Gasteiger partial charge in [0.2, 0.25) is 5.91 Å². The standard InChI is InChI=1S/C26H30Cl2N4O/c1-15-24(25(32-23(30-15)12-13-29-32)16-10-11-19(27)20(28)14-16)26(33)31-21-8-4-2-6-17(21)18-7-3-5-9-22(18)31/h10-14,17-18,21-22,24-25H,2-9H2,1H3. The van der Waals surface area contributed by atoms with Crippen LogP contribution in [0.1, 0.15) is 69.9 Å². The molecule has 4 aliphatic rings. The first-order chi connectivity index (χ1) is 16.0. The Hall–Kier alpha value is -1.85. The van der Waals surface area contributed by atoms with E-state index in [-0.39, 0.29) is 11.9 Å². The van der Waals surface area contributed by atoms with Gasteiger partial charge in [-0.15, -0.1) is 0 Å². The molecule has 0 radical (unpaired) electrons. The minimum Gasteiger partial charge on any atom is -0.336 e. The third-order valence-corrected chi connectivity index (χ3v) is 9.34. The first kappa shape index (κ1) is 21.7. The number of hydrogen-bond acceptors (Lipinski definition) is 3. The Morgan fingerprint density at radius 1 is 0.939 bits per heavy atom. The van der Waals surface area contributed by atoms with Crippen molar-refractivity contribution in [3.05, 3.63) is 46.1 Å². The van der Waals surface area contributed by atoms with E-state index >= 15 is 0 Å². The molecule has 0 bridgehead atoms. The number of fused-ring (bicyclic) bond motifs is 4.